The maximum atomic E-state index is 13.9. The lowest BCUT2D eigenvalue weighted by Crippen LogP contribution is -2.60. The highest BCUT2D eigenvalue weighted by atomic mass is 127. The first-order chi connectivity index (χ1) is 25.9. The fraction of sp³-hybridized carbons (Fsp3) is 0.486. The summed E-state index contributed by atoms with van der Waals surface area (Å²) in [5.41, 5.74) is 3.83. The van der Waals surface area contributed by atoms with E-state index in [9.17, 15) is 55.5 Å². The lowest BCUT2D eigenvalue weighted by atomic mass is 9.85. The van der Waals surface area contributed by atoms with Gasteiger partial charge in [0.05, 0.1) is 22.0 Å². The molecule has 1 heterocycles. The summed E-state index contributed by atoms with van der Waals surface area (Å²) in [5, 5.41) is 16.4. The van der Waals surface area contributed by atoms with Gasteiger partial charge in [0, 0.05) is 35.4 Å². The van der Waals surface area contributed by atoms with E-state index in [2.05, 4.69) is 38.5 Å². The first-order valence-corrected chi connectivity index (χ1v) is 20.1. The number of hydrogen-bond donors (Lipinski definition) is 6. The number of carbonyl (C=O) groups excluding carboxylic acids is 5. The Morgan fingerprint density at radius 3 is 2.27 bits per heavy atom. The molecule has 21 heteroatoms. The molecule has 1 aliphatic rings. The van der Waals surface area contributed by atoms with Gasteiger partial charge < -0.3 is 31.7 Å². The topological polar surface area (TPSA) is 234 Å². The van der Waals surface area contributed by atoms with E-state index in [4.69, 9.17) is 17.3 Å². The van der Waals surface area contributed by atoms with E-state index in [0.29, 0.717) is 31.0 Å². The second-order valence-electron chi connectivity index (χ2n) is 14.2. The molecule has 7 N–H and O–H groups in total. The van der Waals surface area contributed by atoms with Crippen molar-refractivity contribution in [2.75, 3.05) is 13.1 Å². The van der Waals surface area contributed by atoms with Gasteiger partial charge in [0.1, 0.15) is 18.1 Å². The number of hydrogen-bond acceptors (Lipinski definition) is 8. The van der Waals surface area contributed by atoms with Gasteiger partial charge in [-0.2, -0.15) is 17.9 Å². The number of carbonyl (C=O) groups is 6. The molecule has 2 aromatic carbocycles. The lowest BCUT2D eigenvalue weighted by molar-refractivity contribution is -0.141. The number of carboxylic acid groups (broad SMARTS) is 1. The molecule has 56 heavy (non-hydrogen) atoms. The number of sulfonamides is 1. The summed E-state index contributed by atoms with van der Waals surface area (Å²) >= 11 is 7.61. The highest BCUT2D eigenvalue weighted by molar-refractivity contribution is 14.1. The van der Waals surface area contributed by atoms with Crippen LogP contribution in [0.3, 0.4) is 0 Å². The van der Waals surface area contributed by atoms with E-state index < -0.39 is 116 Å². The zero-order valence-corrected chi connectivity index (χ0v) is 34.3. The third kappa shape index (κ3) is 13.3. The quantitative estimate of drug-likeness (QED) is 0.128. The molecule has 5 amide bonds. The minimum atomic E-state index is -5.00. The molecule has 1 aliphatic heterocycles. The zero-order chi connectivity index (χ0) is 42.2. The molecule has 308 valence electrons. The van der Waals surface area contributed by atoms with E-state index in [1.807, 2.05) is 0 Å². The molecule has 0 spiro atoms. The SMILES string of the molecule is CC(C)(C)[C@H](NC(=O)[C@H](Cc1ccccc1I)NC(=O)CNC(=O)CC[C@H](NS(=O)(=O)c1ccc(Cl)c(C(F)(F)F)c1)C(=O)O)C(=O)N1CCC[C@H]1CC(N)=O. The van der Waals surface area contributed by atoms with Crippen LogP contribution in [0.2, 0.25) is 5.02 Å². The van der Waals surface area contributed by atoms with Gasteiger partial charge in [-0.1, -0.05) is 50.6 Å². The fourth-order valence-corrected chi connectivity index (χ4v) is 7.97. The number of amides is 5. The molecule has 0 bridgehead atoms. The monoisotopic (exact) mass is 942 g/mol. The van der Waals surface area contributed by atoms with Crippen molar-refractivity contribution in [3.05, 3.63) is 62.2 Å². The second kappa shape index (κ2) is 19.4. The fourth-order valence-electron chi connectivity index (χ4n) is 5.89. The van der Waals surface area contributed by atoms with E-state index in [1.165, 1.54) is 4.90 Å². The molecule has 3 rings (SSSR count). The van der Waals surface area contributed by atoms with Gasteiger partial charge in [0.25, 0.3) is 0 Å². The largest absolute Gasteiger partial charge is 0.480 e. The summed E-state index contributed by atoms with van der Waals surface area (Å²) < 4.78 is 67.9. The van der Waals surface area contributed by atoms with Crippen molar-refractivity contribution in [1.82, 2.24) is 25.6 Å². The maximum absolute atomic E-state index is 13.9. The molecule has 0 aliphatic carbocycles. The Kier molecular flexibility index (Phi) is 16.1. The summed E-state index contributed by atoms with van der Waals surface area (Å²) in [6.45, 7) is 4.93. The van der Waals surface area contributed by atoms with Gasteiger partial charge in [-0.05, 0) is 77.1 Å². The predicted molar refractivity (Wildman–Crippen MR) is 205 cm³/mol. The Hall–Kier alpha value is -4.02. The number of nitrogens with zero attached hydrogens (tertiary/aromatic N) is 1. The van der Waals surface area contributed by atoms with Gasteiger partial charge >= 0.3 is 12.1 Å². The number of nitrogens with one attached hydrogen (secondary N) is 4. The third-order valence-corrected chi connectivity index (χ3v) is 11.6. The van der Waals surface area contributed by atoms with E-state index in [1.54, 1.807) is 49.8 Å². The minimum absolute atomic E-state index is 0.0117. The van der Waals surface area contributed by atoms with Gasteiger partial charge in [-0.25, -0.2) is 8.42 Å². The van der Waals surface area contributed by atoms with Crippen molar-refractivity contribution >= 4 is 79.7 Å². The summed E-state index contributed by atoms with van der Waals surface area (Å²) in [7, 11) is -4.83. The van der Waals surface area contributed by atoms with Crippen LogP contribution in [0.25, 0.3) is 0 Å². The van der Waals surface area contributed by atoms with E-state index in [0.717, 1.165) is 9.64 Å². The molecule has 2 aromatic rings. The molecule has 0 saturated carbocycles. The Morgan fingerprint density at radius 1 is 1.02 bits per heavy atom. The first kappa shape index (κ1) is 46.4. The van der Waals surface area contributed by atoms with Crippen molar-refractivity contribution in [3.63, 3.8) is 0 Å². The van der Waals surface area contributed by atoms with Gasteiger partial charge in [-0.15, -0.1) is 0 Å². The molecule has 4 atom stereocenters. The number of likely N-dealkylation sites (tertiary alicyclic amines) is 1. The average Bonchev–Trinajstić information content (AvgIpc) is 3.54. The molecule has 0 unspecified atom stereocenters. The highest BCUT2D eigenvalue weighted by Crippen LogP contribution is 2.36. The van der Waals surface area contributed by atoms with Crippen LogP contribution in [-0.4, -0.2) is 91.2 Å². The Balaban J connectivity index is 1.69. The van der Waals surface area contributed by atoms with Crippen molar-refractivity contribution in [2.24, 2.45) is 11.1 Å². The maximum Gasteiger partial charge on any atom is 0.417 e. The smallest absolute Gasteiger partial charge is 0.417 e. The molecule has 0 radical (unpaired) electrons. The Morgan fingerprint density at radius 2 is 1.68 bits per heavy atom. The first-order valence-electron chi connectivity index (χ1n) is 17.2. The van der Waals surface area contributed by atoms with E-state index in [-0.39, 0.29) is 18.9 Å². The summed E-state index contributed by atoms with van der Waals surface area (Å²) in [6.07, 6.45) is -5.11. The number of alkyl halides is 3. The summed E-state index contributed by atoms with van der Waals surface area (Å²) in [5.74, 6) is -5.13. The number of rotatable bonds is 17. The zero-order valence-electron chi connectivity index (χ0n) is 30.5. The van der Waals surface area contributed by atoms with Crippen molar-refractivity contribution in [1.29, 1.82) is 0 Å². The molecule has 15 nitrogen and oxygen atoms in total. The van der Waals surface area contributed by atoms with Crippen LogP contribution in [0.15, 0.2) is 47.4 Å². The number of halogens is 5. The van der Waals surface area contributed by atoms with Crippen molar-refractivity contribution in [2.45, 2.75) is 94.5 Å². The molecule has 1 saturated heterocycles. The summed E-state index contributed by atoms with van der Waals surface area (Å²) in [6, 6.07) is 4.07. The predicted octanol–water partition coefficient (Wildman–Crippen LogP) is 2.72. The summed E-state index contributed by atoms with van der Waals surface area (Å²) in [4.78, 5) is 77.6. The second-order valence-corrected chi connectivity index (χ2v) is 17.5. The third-order valence-electron chi connectivity index (χ3n) is 8.79. The van der Waals surface area contributed by atoms with Gasteiger partial charge in [-0.3, -0.25) is 28.8 Å². The molecular weight excluding hydrogens is 900 g/mol. The van der Waals surface area contributed by atoms with Crippen LogP contribution in [0, 0.1) is 8.99 Å². The van der Waals surface area contributed by atoms with Crippen molar-refractivity contribution in [3.8, 4) is 0 Å². The van der Waals surface area contributed by atoms with E-state index >= 15 is 0 Å². The number of carboxylic acids is 1. The Labute approximate surface area is 340 Å². The van der Waals surface area contributed by atoms with Gasteiger partial charge in [0.15, 0.2) is 0 Å². The minimum Gasteiger partial charge on any atom is -0.480 e. The Bertz CT molecular complexity index is 1930. The standard InChI is InChI=1S/C35H43ClF3IN6O9S/c1-34(2,3)30(32(51)46-14-6-8-20(46)16-27(41)47)44-31(50)26(15-19-7-4-5-9-24(19)40)43-29(49)18-42-28(48)13-12-25(33(52)53)45-56(54,55)21-10-11-23(36)22(17-21)35(37,38)39/h4-5,7,9-11,17,20,25-26,30,45H,6,8,12-16,18H2,1-3H3,(H2,41,47)(H,42,48)(H,43,49)(H,44,50)(H,52,53)/t20-,25-,26-,30+/m0/s1. The average molecular weight is 943 g/mol. The van der Waals surface area contributed by atoms with Crippen LogP contribution in [0.4, 0.5) is 13.2 Å². The van der Waals surface area contributed by atoms with Gasteiger partial charge in [0.2, 0.25) is 39.6 Å². The highest BCUT2D eigenvalue weighted by Gasteiger charge is 2.41. The number of aliphatic carboxylic acids is 1. The lowest BCUT2D eigenvalue weighted by Gasteiger charge is -2.36. The van der Waals surface area contributed by atoms with Crippen LogP contribution in [-0.2, 0) is 51.4 Å². The van der Waals surface area contributed by atoms with Crippen LogP contribution < -0.4 is 26.4 Å². The number of primary amides is 1. The van der Waals surface area contributed by atoms with Crippen LogP contribution in [0.5, 0.6) is 0 Å². The van der Waals surface area contributed by atoms with Crippen LogP contribution in [0.1, 0.15) is 64.0 Å². The number of nitrogens with two attached hydrogens (primary N) is 1. The van der Waals surface area contributed by atoms with Crippen LogP contribution >= 0.6 is 34.2 Å². The van der Waals surface area contributed by atoms with Crippen molar-refractivity contribution < 1.29 is 55.5 Å². The number of benzene rings is 2. The molecular formula is C35H43ClF3IN6O9S. The normalized spacial score (nSPS) is 16.4. The molecule has 0 aromatic heterocycles. The molecule has 1 fully saturated rings.